The maximum absolute atomic E-state index is 10.8. The second-order valence-electron chi connectivity index (χ2n) is 4.21. The SMILES string of the molecule is C[C@]([NH3+])(Cc1ccc2c(c1)OCO2)C(=O)[O-]. The Morgan fingerprint density at radius 2 is 2.19 bits per heavy atom. The highest BCUT2D eigenvalue weighted by atomic mass is 16.7. The molecule has 0 saturated carbocycles. The molecular weight excluding hydrogens is 210 g/mol. The lowest BCUT2D eigenvalue weighted by Gasteiger charge is -2.21. The average molecular weight is 223 g/mol. The first-order chi connectivity index (χ1) is 7.49. The Hall–Kier alpha value is -1.75. The van der Waals surface area contributed by atoms with Gasteiger partial charge in [0.15, 0.2) is 11.5 Å². The minimum atomic E-state index is -1.16. The van der Waals surface area contributed by atoms with Crippen molar-refractivity contribution in [3.8, 4) is 11.5 Å². The molecule has 0 bridgehead atoms. The van der Waals surface area contributed by atoms with Crippen LogP contribution in [0.2, 0.25) is 0 Å². The predicted molar refractivity (Wildman–Crippen MR) is 52.6 cm³/mol. The molecule has 5 nitrogen and oxygen atoms in total. The molecule has 0 amide bonds. The van der Waals surface area contributed by atoms with Gasteiger partial charge in [0.1, 0.15) is 11.5 Å². The highest BCUT2D eigenvalue weighted by molar-refractivity contribution is 5.74. The third-order valence-electron chi connectivity index (χ3n) is 2.52. The van der Waals surface area contributed by atoms with Gasteiger partial charge in [-0.3, -0.25) is 0 Å². The number of carboxylic acid groups (broad SMARTS) is 1. The van der Waals surface area contributed by atoms with Crippen LogP contribution in [0.3, 0.4) is 0 Å². The van der Waals surface area contributed by atoms with Gasteiger partial charge in [-0.15, -0.1) is 0 Å². The van der Waals surface area contributed by atoms with Crippen LogP contribution in [0.15, 0.2) is 18.2 Å². The van der Waals surface area contributed by atoms with E-state index in [2.05, 4.69) is 5.73 Å². The highest BCUT2D eigenvalue weighted by Gasteiger charge is 2.26. The predicted octanol–water partition coefficient (Wildman–Crippen LogP) is -1.29. The highest BCUT2D eigenvalue weighted by Crippen LogP contribution is 2.33. The van der Waals surface area contributed by atoms with Gasteiger partial charge in [-0.05, 0) is 24.6 Å². The number of carboxylic acids is 1. The summed E-state index contributed by atoms with van der Waals surface area (Å²) in [5.74, 6) is 0.166. The number of quaternary nitrogens is 1. The van der Waals surface area contributed by atoms with Crippen molar-refractivity contribution >= 4 is 5.97 Å². The van der Waals surface area contributed by atoms with Crippen LogP contribution in [-0.4, -0.2) is 18.3 Å². The first-order valence-electron chi connectivity index (χ1n) is 4.94. The summed E-state index contributed by atoms with van der Waals surface area (Å²) < 4.78 is 10.4. The summed E-state index contributed by atoms with van der Waals surface area (Å²) in [6.07, 6.45) is 0.298. The molecule has 0 spiro atoms. The summed E-state index contributed by atoms with van der Waals surface area (Å²) in [5, 5.41) is 10.8. The van der Waals surface area contributed by atoms with E-state index in [0.29, 0.717) is 17.9 Å². The van der Waals surface area contributed by atoms with Gasteiger partial charge in [0.25, 0.3) is 0 Å². The fourth-order valence-electron chi connectivity index (χ4n) is 1.57. The quantitative estimate of drug-likeness (QED) is 0.690. The minimum Gasteiger partial charge on any atom is -0.544 e. The molecule has 1 aromatic carbocycles. The molecule has 0 aliphatic carbocycles. The molecule has 1 aliphatic heterocycles. The van der Waals surface area contributed by atoms with Gasteiger partial charge < -0.3 is 25.1 Å². The van der Waals surface area contributed by atoms with Crippen LogP contribution in [0.1, 0.15) is 12.5 Å². The Morgan fingerprint density at radius 1 is 1.50 bits per heavy atom. The number of carbonyl (C=O) groups excluding carboxylic acids is 1. The largest absolute Gasteiger partial charge is 0.544 e. The summed E-state index contributed by atoms with van der Waals surface area (Å²) in [7, 11) is 0. The Morgan fingerprint density at radius 3 is 2.88 bits per heavy atom. The molecule has 16 heavy (non-hydrogen) atoms. The maximum Gasteiger partial charge on any atom is 0.231 e. The van der Waals surface area contributed by atoms with Crippen LogP contribution in [0, 0.1) is 0 Å². The fourth-order valence-corrected chi connectivity index (χ4v) is 1.57. The van der Waals surface area contributed by atoms with Crippen LogP contribution >= 0.6 is 0 Å². The van der Waals surface area contributed by atoms with E-state index in [1.54, 1.807) is 18.2 Å². The van der Waals surface area contributed by atoms with E-state index in [4.69, 9.17) is 9.47 Å². The average Bonchev–Trinajstić information content (AvgIpc) is 2.63. The molecule has 1 aromatic rings. The number of rotatable bonds is 3. The number of carbonyl (C=O) groups is 1. The van der Waals surface area contributed by atoms with Gasteiger partial charge in [0.2, 0.25) is 6.79 Å². The van der Waals surface area contributed by atoms with Crippen LogP contribution in [0.5, 0.6) is 11.5 Å². The molecule has 86 valence electrons. The molecule has 0 aromatic heterocycles. The van der Waals surface area contributed by atoms with Gasteiger partial charge in [-0.2, -0.15) is 0 Å². The molecule has 2 rings (SSSR count). The summed E-state index contributed by atoms with van der Waals surface area (Å²) >= 11 is 0. The number of ether oxygens (including phenoxy) is 2. The van der Waals surface area contributed by atoms with Crippen LogP contribution in [0.4, 0.5) is 0 Å². The fraction of sp³-hybridized carbons (Fsp3) is 0.364. The topological polar surface area (TPSA) is 86.2 Å². The third-order valence-corrected chi connectivity index (χ3v) is 2.52. The lowest BCUT2D eigenvalue weighted by molar-refractivity contribution is -0.480. The molecule has 0 unspecified atom stereocenters. The van der Waals surface area contributed by atoms with Crippen molar-refractivity contribution in [2.75, 3.05) is 6.79 Å². The van der Waals surface area contributed by atoms with Crippen LogP contribution in [-0.2, 0) is 11.2 Å². The van der Waals surface area contributed by atoms with Crippen LogP contribution in [0.25, 0.3) is 0 Å². The van der Waals surface area contributed by atoms with Crippen molar-refractivity contribution in [2.24, 2.45) is 0 Å². The third kappa shape index (κ3) is 1.94. The van der Waals surface area contributed by atoms with Crippen molar-refractivity contribution in [3.05, 3.63) is 23.8 Å². The Labute approximate surface area is 92.8 Å². The summed E-state index contributed by atoms with van der Waals surface area (Å²) in [5.41, 5.74) is 3.33. The second kappa shape index (κ2) is 3.68. The number of hydrogen-bond acceptors (Lipinski definition) is 4. The number of fused-ring (bicyclic) bond motifs is 1. The van der Waals surface area contributed by atoms with Gasteiger partial charge in [0.05, 0.1) is 0 Å². The van der Waals surface area contributed by atoms with E-state index in [-0.39, 0.29) is 6.79 Å². The molecule has 1 atom stereocenters. The molecular formula is C11H13NO4. The Bertz CT molecular complexity index is 428. The van der Waals surface area contributed by atoms with E-state index >= 15 is 0 Å². The zero-order valence-corrected chi connectivity index (χ0v) is 8.99. The monoisotopic (exact) mass is 223 g/mol. The molecule has 3 N–H and O–H groups in total. The Kier molecular flexibility index (Phi) is 2.47. The van der Waals surface area contributed by atoms with Gasteiger partial charge in [0, 0.05) is 6.42 Å². The standard InChI is InChI=1S/C11H13NO4/c1-11(12,10(13)14)5-7-2-3-8-9(4-7)16-6-15-8/h2-4H,5-6,12H2,1H3,(H,13,14)/t11-/m0/s1. The van der Waals surface area contributed by atoms with Crippen molar-refractivity contribution in [2.45, 2.75) is 18.9 Å². The molecule has 1 heterocycles. The van der Waals surface area contributed by atoms with E-state index in [0.717, 1.165) is 5.56 Å². The molecule has 0 saturated heterocycles. The van der Waals surface area contributed by atoms with E-state index in [1.165, 1.54) is 6.92 Å². The van der Waals surface area contributed by atoms with Crippen LogP contribution < -0.4 is 20.3 Å². The van der Waals surface area contributed by atoms with Gasteiger partial charge in [-0.1, -0.05) is 6.07 Å². The van der Waals surface area contributed by atoms with Gasteiger partial charge in [-0.25, -0.2) is 0 Å². The molecule has 0 radical (unpaired) electrons. The first-order valence-corrected chi connectivity index (χ1v) is 4.94. The zero-order valence-electron chi connectivity index (χ0n) is 8.99. The van der Waals surface area contributed by atoms with Gasteiger partial charge >= 0.3 is 0 Å². The smallest absolute Gasteiger partial charge is 0.231 e. The van der Waals surface area contributed by atoms with Crippen molar-refractivity contribution in [1.29, 1.82) is 0 Å². The van der Waals surface area contributed by atoms with Crippen molar-refractivity contribution in [3.63, 3.8) is 0 Å². The lowest BCUT2D eigenvalue weighted by Crippen LogP contribution is -2.78. The normalized spacial score (nSPS) is 16.9. The van der Waals surface area contributed by atoms with E-state index in [1.807, 2.05) is 0 Å². The first kappa shape index (κ1) is 10.8. The second-order valence-corrected chi connectivity index (χ2v) is 4.21. The molecule has 0 fully saturated rings. The van der Waals surface area contributed by atoms with Crippen molar-refractivity contribution < 1.29 is 25.1 Å². The summed E-state index contributed by atoms with van der Waals surface area (Å²) in [6, 6.07) is 5.34. The molecule has 1 aliphatic rings. The Balaban J connectivity index is 2.20. The molecule has 5 heteroatoms. The maximum atomic E-state index is 10.8. The number of benzene rings is 1. The summed E-state index contributed by atoms with van der Waals surface area (Å²) in [6.45, 7) is 1.74. The van der Waals surface area contributed by atoms with E-state index in [9.17, 15) is 9.90 Å². The van der Waals surface area contributed by atoms with Crippen molar-refractivity contribution in [1.82, 2.24) is 0 Å². The summed E-state index contributed by atoms with van der Waals surface area (Å²) in [4.78, 5) is 10.8. The minimum absolute atomic E-state index is 0.209. The number of aliphatic carboxylic acids is 1. The van der Waals surface area contributed by atoms with E-state index < -0.39 is 11.5 Å². The number of hydrogen-bond donors (Lipinski definition) is 1. The zero-order chi connectivity index (χ0) is 11.8. The lowest BCUT2D eigenvalue weighted by atomic mass is 9.94.